The van der Waals surface area contributed by atoms with E-state index in [1.54, 1.807) is 17.0 Å². The lowest BCUT2D eigenvalue weighted by molar-refractivity contribution is -0.132. The van der Waals surface area contributed by atoms with Gasteiger partial charge in [0.05, 0.1) is 4.90 Å². The molecule has 1 unspecified atom stereocenters. The molecule has 2 rings (SSSR count). The van der Waals surface area contributed by atoms with Crippen molar-refractivity contribution in [2.24, 2.45) is 0 Å². The van der Waals surface area contributed by atoms with Gasteiger partial charge in [0, 0.05) is 32.6 Å². The molecule has 1 amide bonds. The molecule has 5 nitrogen and oxygen atoms in total. The van der Waals surface area contributed by atoms with Crippen molar-refractivity contribution in [3.63, 3.8) is 0 Å². The summed E-state index contributed by atoms with van der Waals surface area (Å²) in [5.74, 6) is 0.544. The molecule has 0 saturated carbocycles. The fourth-order valence-electron chi connectivity index (χ4n) is 2.90. The van der Waals surface area contributed by atoms with Crippen LogP contribution in [0.3, 0.4) is 0 Å². The smallest absolute Gasteiger partial charge is 0.243 e. The summed E-state index contributed by atoms with van der Waals surface area (Å²) < 4.78 is 27.0. The summed E-state index contributed by atoms with van der Waals surface area (Å²) in [5.41, 5.74) is 1.16. The first-order chi connectivity index (χ1) is 11.4. The van der Waals surface area contributed by atoms with Crippen molar-refractivity contribution in [3.8, 4) is 0 Å². The van der Waals surface area contributed by atoms with E-state index in [2.05, 4.69) is 13.8 Å². The summed E-state index contributed by atoms with van der Waals surface area (Å²) in [6.45, 7) is 7.91. The number of hydrogen-bond acceptors (Lipinski definition) is 3. The summed E-state index contributed by atoms with van der Waals surface area (Å²) in [5, 5.41) is 0. The van der Waals surface area contributed by atoms with Gasteiger partial charge in [0.25, 0.3) is 0 Å². The SMILES string of the molecule is CCCC(=O)N1CCN(S(=O)(=O)c2ccc(C(C)CC)cc2)CC1. The van der Waals surface area contributed by atoms with E-state index in [0.717, 1.165) is 18.4 Å². The predicted molar refractivity (Wildman–Crippen MR) is 95.4 cm³/mol. The van der Waals surface area contributed by atoms with Crippen LogP contribution in [0, 0.1) is 0 Å². The molecule has 1 atom stereocenters. The topological polar surface area (TPSA) is 57.7 Å². The molecule has 1 aromatic carbocycles. The molecule has 0 aromatic heterocycles. The van der Waals surface area contributed by atoms with Crippen LogP contribution < -0.4 is 0 Å². The fraction of sp³-hybridized carbons (Fsp3) is 0.611. The maximum absolute atomic E-state index is 12.8. The van der Waals surface area contributed by atoms with E-state index in [0.29, 0.717) is 43.4 Å². The normalized spacial score (nSPS) is 17.7. The second-order valence-electron chi connectivity index (χ2n) is 6.41. The number of sulfonamides is 1. The quantitative estimate of drug-likeness (QED) is 0.791. The van der Waals surface area contributed by atoms with E-state index in [1.807, 2.05) is 19.1 Å². The first kappa shape index (κ1) is 18.9. The molecule has 1 heterocycles. The first-order valence-corrected chi connectivity index (χ1v) is 10.2. The molecule has 0 radical (unpaired) electrons. The van der Waals surface area contributed by atoms with Crippen molar-refractivity contribution in [1.29, 1.82) is 0 Å². The standard InChI is InChI=1S/C18H28N2O3S/c1-4-6-18(21)19-11-13-20(14-12-19)24(22,23)17-9-7-16(8-10-17)15(3)5-2/h7-10,15H,4-6,11-14H2,1-3H3. The van der Waals surface area contributed by atoms with E-state index in [4.69, 9.17) is 0 Å². The lowest BCUT2D eigenvalue weighted by Gasteiger charge is -2.34. The van der Waals surface area contributed by atoms with E-state index >= 15 is 0 Å². The Morgan fingerprint density at radius 2 is 1.67 bits per heavy atom. The maximum Gasteiger partial charge on any atom is 0.243 e. The largest absolute Gasteiger partial charge is 0.340 e. The third-order valence-electron chi connectivity index (χ3n) is 4.75. The zero-order valence-electron chi connectivity index (χ0n) is 14.9. The lowest BCUT2D eigenvalue weighted by Crippen LogP contribution is -2.50. The number of rotatable bonds is 6. The molecule has 1 aliphatic heterocycles. The Labute approximate surface area is 145 Å². The van der Waals surface area contributed by atoms with Gasteiger partial charge in [-0.15, -0.1) is 0 Å². The van der Waals surface area contributed by atoms with Crippen LogP contribution in [-0.2, 0) is 14.8 Å². The molecule has 1 aliphatic rings. The monoisotopic (exact) mass is 352 g/mol. The van der Waals surface area contributed by atoms with Crippen LogP contribution in [0.2, 0.25) is 0 Å². The van der Waals surface area contributed by atoms with Crippen molar-refractivity contribution in [3.05, 3.63) is 29.8 Å². The predicted octanol–water partition coefficient (Wildman–Crippen LogP) is 2.83. The molecular weight excluding hydrogens is 324 g/mol. The summed E-state index contributed by atoms with van der Waals surface area (Å²) in [6.07, 6.45) is 2.38. The highest BCUT2D eigenvalue weighted by Gasteiger charge is 2.29. The molecule has 1 aromatic rings. The third kappa shape index (κ3) is 4.16. The van der Waals surface area contributed by atoms with Gasteiger partial charge in [-0.2, -0.15) is 4.31 Å². The van der Waals surface area contributed by atoms with Gasteiger partial charge in [-0.1, -0.05) is 32.9 Å². The van der Waals surface area contributed by atoms with Crippen LogP contribution in [0.15, 0.2) is 29.2 Å². The molecule has 24 heavy (non-hydrogen) atoms. The van der Waals surface area contributed by atoms with Crippen molar-refractivity contribution >= 4 is 15.9 Å². The van der Waals surface area contributed by atoms with Crippen molar-refractivity contribution in [2.75, 3.05) is 26.2 Å². The Kier molecular flexibility index (Phi) is 6.40. The van der Waals surface area contributed by atoms with Gasteiger partial charge in [0.2, 0.25) is 15.9 Å². The highest BCUT2D eigenvalue weighted by molar-refractivity contribution is 7.89. The minimum absolute atomic E-state index is 0.118. The molecule has 0 N–H and O–H groups in total. The Hall–Kier alpha value is -1.40. The van der Waals surface area contributed by atoms with E-state index in [1.165, 1.54) is 4.31 Å². The molecule has 0 aliphatic carbocycles. The van der Waals surface area contributed by atoms with Crippen LogP contribution in [0.5, 0.6) is 0 Å². The molecule has 1 fully saturated rings. The Balaban J connectivity index is 2.05. The Bertz CT molecular complexity index is 647. The second-order valence-corrected chi connectivity index (χ2v) is 8.35. The number of nitrogens with zero attached hydrogens (tertiary/aromatic N) is 2. The van der Waals surface area contributed by atoms with Crippen molar-refractivity contribution in [2.45, 2.75) is 50.8 Å². The number of amides is 1. The van der Waals surface area contributed by atoms with E-state index in [9.17, 15) is 13.2 Å². The molecule has 6 heteroatoms. The summed E-state index contributed by atoms with van der Waals surface area (Å²) in [6, 6.07) is 7.21. The van der Waals surface area contributed by atoms with Crippen LogP contribution in [-0.4, -0.2) is 49.7 Å². The summed E-state index contributed by atoms with van der Waals surface area (Å²) in [7, 11) is -3.48. The summed E-state index contributed by atoms with van der Waals surface area (Å²) >= 11 is 0. The first-order valence-electron chi connectivity index (χ1n) is 8.78. The van der Waals surface area contributed by atoms with Gasteiger partial charge >= 0.3 is 0 Å². The zero-order chi connectivity index (χ0) is 17.7. The number of benzene rings is 1. The molecule has 134 valence electrons. The highest BCUT2D eigenvalue weighted by Crippen LogP contribution is 2.23. The van der Waals surface area contributed by atoms with Crippen LogP contribution in [0.4, 0.5) is 0 Å². The minimum Gasteiger partial charge on any atom is -0.340 e. The van der Waals surface area contributed by atoms with Gasteiger partial charge in [-0.25, -0.2) is 8.42 Å². The maximum atomic E-state index is 12.8. The van der Waals surface area contributed by atoms with Gasteiger partial charge in [0.1, 0.15) is 0 Å². The van der Waals surface area contributed by atoms with E-state index < -0.39 is 10.0 Å². The Morgan fingerprint density at radius 1 is 1.08 bits per heavy atom. The molecule has 0 spiro atoms. The Morgan fingerprint density at radius 3 is 2.17 bits per heavy atom. The van der Waals surface area contributed by atoms with Gasteiger partial charge < -0.3 is 4.90 Å². The highest BCUT2D eigenvalue weighted by atomic mass is 32.2. The number of carbonyl (C=O) groups excluding carboxylic acids is 1. The van der Waals surface area contributed by atoms with Gasteiger partial charge in [-0.05, 0) is 36.5 Å². The second kappa shape index (κ2) is 8.12. The number of hydrogen-bond donors (Lipinski definition) is 0. The van der Waals surface area contributed by atoms with Gasteiger partial charge in [0.15, 0.2) is 0 Å². The average Bonchev–Trinajstić information content (AvgIpc) is 2.61. The van der Waals surface area contributed by atoms with Crippen LogP contribution in [0.25, 0.3) is 0 Å². The number of piperazine rings is 1. The van der Waals surface area contributed by atoms with Crippen molar-refractivity contribution < 1.29 is 13.2 Å². The summed E-state index contributed by atoms with van der Waals surface area (Å²) in [4.78, 5) is 14.0. The minimum atomic E-state index is -3.48. The van der Waals surface area contributed by atoms with Crippen LogP contribution >= 0.6 is 0 Å². The number of carbonyl (C=O) groups is 1. The van der Waals surface area contributed by atoms with Crippen molar-refractivity contribution in [1.82, 2.24) is 9.21 Å². The molecule has 1 saturated heterocycles. The van der Waals surface area contributed by atoms with Gasteiger partial charge in [-0.3, -0.25) is 4.79 Å². The average molecular weight is 353 g/mol. The zero-order valence-corrected chi connectivity index (χ0v) is 15.7. The van der Waals surface area contributed by atoms with Crippen LogP contribution in [0.1, 0.15) is 51.5 Å². The van der Waals surface area contributed by atoms with E-state index in [-0.39, 0.29) is 5.91 Å². The fourth-order valence-corrected chi connectivity index (χ4v) is 4.33. The third-order valence-corrected chi connectivity index (χ3v) is 6.67. The molecular formula is C18H28N2O3S. The lowest BCUT2D eigenvalue weighted by atomic mass is 9.99. The molecule has 0 bridgehead atoms.